The predicted molar refractivity (Wildman–Crippen MR) is 56.7 cm³/mol. The number of aromatic nitrogens is 2. The summed E-state index contributed by atoms with van der Waals surface area (Å²) in [5, 5.41) is 9.17. The molecule has 0 radical (unpaired) electrons. The summed E-state index contributed by atoms with van der Waals surface area (Å²) in [6, 6.07) is 5.29. The highest BCUT2D eigenvalue weighted by Gasteiger charge is 2.05. The first-order valence-electron chi connectivity index (χ1n) is 4.63. The van der Waals surface area contributed by atoms with E-state index in [1.54, 1.807) is 13.0 Å². The van der Waals surface area contributed by atoms with E-state index in [2.05, 4.69) is 9.97 Å². The molecule has 16 heavy (non-hydrogen) atoms. The Kier molecular flexibility index (Phi) is 2.44. The fourth-order valence-corrected chi connectivity index (χ4v) is 1.37. The molecule has 0 spiro atoms. The lowest BCUT2D eigenvalue weighted by molar-refractivity contribution is 0.452. The Labute approximate surface area is 90.4 Å². The molecular formula is C11H9FN2O2. The van der Waals surface area contributed by atoms with Gasteiger partial charge in [0.1, 0.15) is 11.6 Å². The molecule has 2 N–H and O–H groups in total. The summed E-state index contributed by atoms with van der Waals surface area (Å²) < 4.78 is 13.0. The van der Waals surface area contributed by atoms with Crippen molar-refractivity contribution >= 4 is 0 Å². The third kappa shape index (κ3) is 1.93. The molecule has 2 aromatic rings. The van der Waals surface area contributed by atoms with Crippen LogP contribution in [0.5, 0.6) is 5.88 Å². The fraction of sp³-hybridized carbons (Fsp3) is 0.0909. The molecule has 82 valence electrons. The summed E-state index contributed by atoms with van der Waals surface area (Å²) >= 11 is 0. The van der Waals surface area contributed by atoms with Crippen LogP contribution in [0.3, 0.4) is 0 Å². The van der Waals surface area contributed by atoms with Gasteiger partial charge in [-0.15, -0.1) is 0 Å². The zero-order chi connectivity index (χ0) is 11.7. The predicted octanol–water partition coefficient (Wildman–Crippen LogP) is 1.59. The smallest absolute Gasteiger partial charge is 0.254 e. The van der Waals surface area contributed by atoms with Crippen LogP contribution in [0.2, 0.25) is 0 Å². The number of H-pyrrole nitrogens is 1. The van der Waals surface area contributed by atoms with Crippen molar-refractivity contribution in [1.82, 2.24) is 9.97 Å². The Morgan fingerprint density at radius 1 is 1.38 bits per heavy atom. The number of nitrogens with zero attached hydrogens (tertiary/aromatic N) is 1. The Morgan fingerprint density at radius 2 is 2.12 bits per heavy atom. The number of aromatic amines is 1. The van der Waals surface area contributed by atoms with Crippen LogP contribution < -0.4 is 5.56 Å². The van der Waals surface area contributed by atoms with Crippen molar-refractivity contribution in [2.75, 3.05) is 0 Å². The number of halogens is 1. The van der Waals surface area contributed by atoms with Crippen molar-refractivity contribution in [3.63, 3.8) is 0 Å². The van der Waals surface area contributed by atoms with Crippen LogP contribution in [0.1, 0.15) is 5.56 Å². The molecule has 1 aromatic carbocycles. The highest BCUT2D eigenvalue weighted by atomic mass is 19.1. The van der Waals surface area contributed by atoms with Crippen molar-refractivity contribution in [2.45, 2.75) is 6.92 Å². The molecule has 1 heterocycles. The van der Waals surface area contributed by atoms with Crippen molar-refractivity contribution < 1.29 is 9.50 Å². The molecule has 0 fully saturated rings. The minimum Gasteiger partial charge on any atom is -0.493 e. The Bertz CT molecular complexity index is 593. The van der Waals surface area contributed by atoms with Crippen molar-refractivity contribution in [3.8, 4) is 17.3 Å². The number of rotatable bonds is 1. The van der Waals surface area contributed by atoms with Gasteiger partial charge in [-0.2, -0.15) is 4.98 Å². The van der Waals surface area contributed by atoms with Gasteiger partial charge < -0.3 is 10.1 Å². The maximum atomic E-state index is 13.0. The van der Waals surface area contributed by atoms with Gasteiger partial charge in [-0.3, -0.25) is 4.79 Å². The third-order valence-electron chi connectivity index (χ3n) is 2.16. The first-order chi connectivity index (χ1) is 7.56. The lowest BCUT2D eigenvalue weighted by Gasteiger charge is -2.03. The average Bonchev–Trinajstić information content (AvgIpc) is 2.20. The summed E-state index contributed by atoms with van der Waals surface area (Å²) in [6.07, 6.45) is 0. The zero-order valence-corrected chi connectivity index (χ0v) is 8.49. The van der Waals surface area contributed by atoms with Gasteiger partial charge >= 0.3 is 0 Å². The van der Waals surface area contributed by atoms with Gasteiger partial charge in [-0.05, 0) is 30.7 Å². The van der Waals surface area contributed by atoms with E-state index in [4.69, 9.17) is 0 Å². The average molecular weight is 220 g/mol. The quantitative estimate of drug-likeness (QED) is 0.766. The van der Waals surface area contributed by atoms with Crippen LogP contribution in [0.15, 0.2) is 29.1 Å². The van der Waals surface area contributed by atoms with Crippen LogP contribution in [0, 0.1) is 12.7 Å². The van der Waals surface area contributed by atoms with E-state index in [9.17, 15) is 14.3 Å². The molecule has 5 heteroatoms. The topological polar surface area (TPSA) is 66.0 Å². The highest BCUT2D eigenvalue weighted by molar-refractivity contribution is 5.56. The summed E-state index contributed by atoms with van der Waals surface area (Å²) in [4.78, 5) is 17.3. The van der Waals surface area contributed by atoms with Crippen LogP contribution in [-0.2, 0) is 0 Å². The second kappa shape index (κ2) is 3.77. The maximum absolute atomic E-state index is 13.0. The molecule has 4 nitrogen and oxygen atoms in total. The van der Waals surface area contributed by atoms with E-state index in [0.717, 1.165) is 6.07 Å². The molecule has 1 aromatic heterocycles. The largest absolute Gasteiger partial charge is 0.493 e. The van der Waals surface area contributed by atoms with Gasteiger partial charge in [0.15, 0.2) is 0 Å². The molecule has 0 saturated carbocycles. The van der Waals surface area contributed by atoms with E-state index in [1.165, 1.54) is 12.1 Å². The minimum absolute atomic E-state index is 0.216. The normalized spacial score (nSPS) is 10.4. The second-order valence-corrected chi connectivity index (χ2v) is 3.42. The standard InChI is InChI=1S/C11H9FN2O2/c1-6-4-7(2-3-8(6)12)11-13-9(15)5-10(16)14-11/h2-5H,1H3,(H2,13,14,15,16). The van der Waals surface area contributed by atoms with Gasteiger partial charge in [0.05, 0.1) is 6.07 Å². The van der Waals surface area contributed by atoms with E-state index in [-0.39, 0.29) is 17.5 Å². The van der Waals surface area contributed by atoms with E-state index in [0.29, 0.717) is 11.1 Å². The van der Waals surface area contributed by atoms with Crippen LogP contribution in [-0.4, -0.2) is 15.1 Å². The van der Waals surface area contributed by atoms with Gasteiger partial charge in [-0.1, -0.05) is 0 Å². The molecular weight excluding hydrogens is 211 g/mol. The third-order valence-corrected chi connectivity index (χ3v) is 2.16. The van der Waals surface area contributed by atoms with Crippen molar-refractivity contribution in [2.24, 2.45) is 0 Å². The Hall–Kier alpha value is -2.17. The number of hydrogen-bond acceptors (Lipinski definition) is 3. The van der Waals surface area contributed by atoms with E-state index in [1.807, 2.05) is 0 Å². The molecule has 0 bridgehead atoms. The maximum Gasteiger partial charge on any atom is 0.254 e. The van der Waals surface area contributed by atoms with Gasteiger partial charge in [0.2, 0.25) is 5.88 Å². The van der Waals surface area contributed by atoms with Crippen molar-refractivity contribution in [3.05, 3.63) is 46.0 Å². The van der Waals surface area contributed by atoms with Gasteiger partial charge in [-0.25, -0.2) is 4.39 Å². The number of benzene rings is 1. The lowest BCUT2D eigenvalue weighted by atomic mass is 10.1. The van der Waals surface area contributed by atoms with E-state index < -0.39 is 5.56 Å². The lowest BCUT2D eigenvalue weighted by Crippen LogP contribution is -2.06. The summed E-state index contributed by atoms with van der Waals surface area (Å²) in [7, 11) is 0. The zero-order valence-electron chi connectivity index (χ0n) is 8.49. The second-order valence-electron chi connectivity index (χ2n) is 3.42. The van der Waals surface area contributed by atoms with Crippen molar-refractivity contribution in [1.29, 1.82) is 0 Å². The summed E-state index contributed by atoms with van der Waals surface area (Å²) in [5.41, 5.74) is 0.542. The van der Waals surface area contributed by atoms with Crippen LogP contribution in [0.4, 0.5) is 4.39 Å². The number of hydrogen-bond donors (Lipinski definition) is 2. The molecule has 0 aliphatic rings. The molecule has 0 saturated heterocycles. The minimum atomic E-state index is -0.454. The first-order valence-corrected chi connectivity index (χ1v) is 4.63. The molecule has 2 rings (SSSR count). The summed E-state index contributed by atoms with van der Waals surface area (Å²) in [5.74, 6) is -0.472. The number of aromatic hydroxyl groups is 1. The van der Waals surface area contributed by atoms with Crippen LogP contribution in [0.25, 0.3) is 11.4 Å². The molecule has 0 aliphatic heterocycles. The fourth-order valence-electron chi connectivity index (χ4n) is 1.37. The molecule has 0 atom stereocenters. The molecule has 0 unspecified atom stereocenters. The van der Waals surface area contributed by atoms with Gasteiger partial charge in [0, 0.05) is 5.56 Å². The van der Waals surface area contributed by atoms with Crippen LogP contribution >= 0.6 is 0 Å². The monoisotopic (exact) mass is 220 g/mol. The Morgan fingerprint density at radius 3 is 2.75 bits per heavy atom. The highest BCUT2D eigenvalue weighted by Crippen LogP contribution is 2.18. The Balaban J connectivity index is 2.58. The summed E-state index contributed by atoms with van der Waals surface area (Å²) in [6.45, 7) is 1.61. The van der Waals surface area contributed by atoms with E-state index >= 15 is 0 Å². The SMILES string of the molecule is Cc1cc(-c2nc(O)cc(=O)[nH]2)ccc1F. The number of aryl methyl sites for hydroxylation is 1. The van der Waals surface area contributed by atoms with Gasteiger partial charge in [0.25, 0.3) is 5.56 Å². The molecule has 0 amide bonds. The first kappa shape index (κ1) is 10.4. The number of nitrogens with one attached hydrogen (secondary N) is 1. The molecule has 0 aliphatic carbocycles.